The molecule has 2 heterocycles. The molecule has 5 rings (SSSR count). The van der Waals surface area contributed by atoms with Crippen molar-refractivity contribution < 1.29 is 13.6 Å². The van der Waals surface area contributed by atoms with E-state index in [0.717, 1.165) is 5.56 Å². The number of hydrogen-bond donors (Lipinski definition) is 2. The Kier molecular flexibility index (Phi) is 7.98. The topological polar surface area (TPSA) is 80.3 Å². The first-order valence-corrected chi connectivity index (χ1v) is 13.3. The van der Waals surface area contributed by atoms with E-state index in [1.807, 2.05) is 25.1 Å². The van der Waals surface area contributed by atoms with Gasteiger partial charge in [-0.2, -0.15) is 0 Å². The predicted octanol–water partition coefficient (Wildman–Crippen LogP) is 9.20. The van der Waals surface area contributed by atoms with E-state index in [9.17, 15) is 4.79 Å². The number of oxazole rings is 1. The van der Waals surface area contributed by atoms with Gasteiger partial charge in [0.2, 0.25) is 11.8 Å². The van der Waals surface area contributed by atoms with Crippen LogP contribution in [0.3, 0.4) is 0 Å². The second-order valence-electron chi connectivity index (χ2n) is 8.39. The molecule has 0 aliphatic carbocycles. The van der Waals surface area contributed by atoms with Gasteiger partial charge in [-0.05, 0) is 85.4 Å². The summed E-state index contributed by atoms with van der Waals surface area (Å²) in [6, 6.07) is 17.4. The maximum Gasteiger partial charge on any atom is 0.250 e. The summed E-state index contributed by atoms with van der Waals surface area (Å²) in [4.78, 5) is 17.0. The molecule has 0 spiro atoms. The minimum absolute atomic E-state index is 0.116. The van der Waals surface area contributed by atoms with Crippen molar-refractivity contribution in [2.24, 2.45) is 0 Å². The van der Waals surface area contributed by atoms with Crippen LogP contribution in [0.25, 0.3) is 40.0 Å². The Labute approximate surface area is 248 Å². The summed E-state index contributed by atoms with van der Waals surface area (Å²) in [6.45, 7) is 1.90. The molecule has 0 atom stereocenters. The molecule has 0 aliphatic rings. The van der Waals surface area contributed by atoms with Crippen molar-refractivity contribution in [3.63, 3.8) is 0 Å². The lowest BCUT2D eigenvalue weighted by molar-refractivity contribution is -0.115. The van der Waals surface area contributed by atoms with Crippen molar-refractivity contribution >= 4 is 92.5 Å². The number of nitrogens with zero attached hydrogens (tertiary/aromatic N) is 1. The number of rotatable bonds is 5. The Morgan fingerprint density at radius 1 is 0.923 bits per heavy atom. The summed E-state index contributed by atoms with van der Waals surface area (Å²) < 4.78 is 11.6. The molecule has 0 aliphatic heterocycles. The number of aromatic nitrogens is 1. The van der Waals surface area contributed by atoms with Gasteiger partial charge in [0.1, 0.15) is 17.0 Å². The lowest BCUT2D eigenvalue weighted by Crippen LogP contribution is -2.33. The highest BCUT2D eigenvalue weighted by atomic mass is 35.5. The Morgan fingerprint density at radius 3 is 2.51 bits per heavy atom. The number of amides is 1. The van der Waals surface area contributed by atoms with Gasteiger partial charge in [0.15, 0.2) is 10.7 Å². The monoisotopic (exact) mass is 615 g/mol. The Morgan fingerprint density at radius 2 is 1.72 bits per heavy atom. The fourth-order valence-corrected chi connectivity index (χ4v) is 4.95. The molecule has 2 aromatic heterocycles. The molecule has 0 unspecified atom stereocenters. The van der Waals surface area contributed by atoms with Crippen molar-refractivity contribution in [2.45, 2.75) is 6.92 Å². The molecular weight excluding hydrogens is 600 g/mol. The number of furan rings is 1. The van der Waals surface area contributed by atoms with Crippen LogP contribution < -0.4 is 10.6 Å². The molecule has 0 bridgehead atoms. The lowest BCUT2D eigenvalue weighted by atomic mass is 10.1. The van der Waals surface area contributed by atoms with E-state index in [1.54, 1.807) is 42.5 Å². The van der Waals surface area contributed by atoms with Crippen LogP contribution in [-0.4, -0.2) is 16.0 Å². The summed E-state index contributed by atoms with van der Waals surface area (Å²) >= 11 is 29.8. The maximum atomic E-state index is 12.5. The summed E-state index contributed by atoms with van der Waals surface area (Å²) in [5, 5.41) is 7.61. The minimum atomic E-state index is -0.436. The number of nitrogens with one attached hydrogen (secondary N) is 2. The van der Waals surface area contributed by atoms with Crippen LogP contribution in [0.5, 0.6) is 0 Å². The van der Waals surface area contributed by atoms with E-state index < -0.39 is 5.91 Å². The third kappa shape index (κ3) is 6.30. The summed E-state index contributed by atoms with van der Waals surface area (Å²) in [5.74, 6) is 0.948. The van der Waals surface area contributed by atoms with Crippen LogP contribution in [0, 0.1) is 6.92 Å². The Balaban J connectivity index is 1.25. The predicted molar refractivity (Wildman–Crippen MR) is 162 cm³/mol. The van der Waals surface area contributed by atoms with Gasteiger partial charge >= 0.3 is 0 Å². The Bertz CT molecular complexity index is 1780. The van der Waals surface area contributed by atoms with Gasteiger partial charge < -0.3 is 14.2 Å². The number of fused-ring (bicyclic) bond motifs is 1. The number of halogens is 4. The van der Waals surface area contributed by atoms with Crippen molar-refractivity contribution in [3.05, 3.63) is 98.2 Å². The van der Waals surface area contributed by atoms with Crippen LogP contribution in [0.4, 0.5) is 5.69 Å². The van der Waals surface area contributed by atoms with E-state index in [0.29, 0.717) is 65.4 Å². The van der Waals surface area contributed by atoms with Gasteiger partial charge in [-0.15, -0.1) is 0 Å². The standard InChI is InChI=1S/C28H17Cl4N3O3S/c1-14-2-3-15(27-33-23-13-17(30)12-21(32)26(23)38-27)10-22(14)34-28(39)35-25(36)9-6-18-5-8-24(37-18)19-7-4-16(29)11-20(19)31/h2-13H,1H3,(H2,34,35,36,39)/b9-6+. The zero-order chi connectivity index (χ0) is 27.7. The molecule has 196 valence electrons. The SMILES string of the molecule is Cc1ccc(-c2nc3cc(Cl)cc(Cl)c3o2)cc1NC(=S)NC(=O)/C=C/c1ccc(-c2ccc(Cl)cc2Cl)o1. The molecule has 1 amide bonds. The smallest absolute Gasteiger partial charge is 0.250 e. The molecule has 0 radical (unpaired) electrons. The van der Waals surface area contributed by atoms with Crippen LogP contribution in [0.2, 0.25) is 20.1 Å². The van der Waals surface area contributed by atoms with Gasteiger partial charge in [-0.1, -0.05) is 52.5 Å². The maximum absolute atomic E-state index is 12.5. The second-order valence-corrected chi connectivity index (χ2v) is 10.5. The van der Waals surface area contributed by atoms with E-state index >= 15 is 0 Å². The van der Waals surface area contributed by atoms with Crippen molar-refractivity contribution in [1.82, 2.24) is 10.3 Å². The lowest BCUT2D eigenvalue weighted by Gasteiger charge is -2.11. The molecule has 5 aromatic rings. The normalized spacial score (nSPS) is 11.3. The van der Waals surface area contributed by atoms with Gasteiger partial charge in [-0.3, -0.25) is 10.1 Å². The molecule has 0 fully saturated rings. The van der Waals surface area contributed by atoms with Gasteiger partial charge in [0, 0.05) is 32.9 Å². The molecule has 39 heavy (non-hydrogen) atoms. The third-order valence-corrected chi connectivity index (χ3v) is 6.85. The molecule has 2 N–H and O–H groups in total. The van der Waals surface area contributed by atoms with Gasteiger partial charge in [0.25, 0.3) is 0 Å². The fourth-order valence-electron chi connectivity index (χ4n) is 3.71. The molecule has 6 nitrogen and oxygen atoms in total. The summed E-state index contributed by atoms with van der Waals surface area (Å²) in [7, 11) is 0. The second kappa shape index (κ2) is 11.4. The van der Waals surface area contributed by atoms with E-state index in [4.69, 9.17) is 67.5 Å². The highest BCUT2D eigenvalue weighted by Gasteiger charge is 2.14. The number of thiocarbonyl (C=S) groups is 1. The van der Waals surface area contributed by atoms with Crippen LogP contribution in [0.1, 0.15) is 11.3 Å². The van der Waals surface area contributed by atoms with Crippen molar-refractivity contribution in [3.8, 4) is 22.8 Å². The van der Waals surface area contributed by atoms with E-state index in [2.05, 4.69) is 15.6 Å². The average molecular weight is 617 g/mol. The fraction of sp³-hybridized carbons (Fsp3) is 0.0357. The zero-order valence-electron chi connectivity index (χ0n) is 20.0. The first-order chi connectivity index (χ1) is 18.7. The van der Waals surface area contributed by atoms with Crippen LogP contribution >= 0.6 is 58.6 Å². The van der Waals surface area contributed by atoms with Gasteiger partial charge in [0.05, 0.1) is 10.0 Å². The molecule has 0 saturated carbocycles. The first kappa shape index (κ1) is 27.2. The van der Waals surface area contributed by atoms with Crippen LogP contribution in [0.15, 0.2) is 75.6 Å². The molecule has 11 heteroatoms. The highest BCUT2D eigenvalue weighted by Crippen LogP contribution is 2.34. The quantitative estimate of drug-likeness (QED) is 0.151. The zero-order valence-corrected chi connectivity index (χ0v) is 23.9. The molecule has 0 saturated heterocycles. The molecule has 3 aromatic carbocycles. The van der Waals surface area contributed by atoms with E-state index in [1.165, 1.54) is 12.2 Å². The average Bonchev–Trinajstić information content (AvgIpc) is 3.51. The summed E-state index contributed by atoms with van der Waals surface area (Å²) in [6.07, 6.45) is 2.85. The number of carbonyl (C=O) groups is 1. The Hall–Kier alpha value is -3.33. The summed E-state index contributed by atoms with van der Waals surface area (Å²) in [5.41, 5.74) is 3.94. The molecular formula is C28H17Cl4N3O3S. The number of carbonyl (C=O) groups excluding carboxylic acids is 1. The third-order valence-electron chi connectivity index (χ3n) is 5.60. The van der Waals surface area contributed by atoms with Crippen LogP contribution in [-0.2, 0) is 4.79 Å². The largest absolute Gasteiger partial charge is 0.457 e. The first-order valence-electron chi connectivity index (χ1n) is 11.4. The van der Waals surface area contributed by atoms with Crippen molar-refractivity contribution in [2.75, 3.05) is 5.32 Å². The number of aryl methyl sites for hydroxylation is 1. The van der Waals surface area contributed by atoms with Gasteiger partial charge in [-0.25, -0.2) is 4.98 Å². The van der Waals surface area contributed by atoms with Crippen molar-refractivity contribution in [1.29, 1.82) is 0 Å². The van der Waals surface area contributed by atoms with E-state index in [-0.39, 0.29) is 5.11 Å². The minimum Gasteiger partial charge on any atom is -0.457 e. The number of anilines is 1. The highest BCUT2D eigenvalue weighted by molar-refractivity contribution is 7.80. The number of hydrogen-bond acceptors (Lipinski definition) is 5. The number of benzene rings is 3.